The molecule has 2 aromatic heterocycles. The van der Waals surface area contributed by atoms with Crippen LogP contribution in [0.2, 0.25) is 0 Å². The van der Waals surface area contributed by atoms with Gasteiger partial charge in [0.25, 0.3) is 0 Å². The van der Waals surface area contributed by atoms with E-state index in [-0.39, 0.29) is 12.2 Å². The Morgan fingerprint density at radius 2 is 2.14 bits per heavy atom. The number of esters is 1. The molecule has 0 unspecified atom stereocenters. The number of hydrogen-bond acceptors (Lipinski definition) is 6. The lowest BCUT2D eigenvalue weighted by Gasteiger charge is -2.08. The molecule has 0 amide bonds. The number of nitriles is 1. The van der Waals surface area contributed by atoms with E-state index in [0.717, 1.165) is 27.2 Å². The first-order chi connectivity index (χ1) is 13.5. The van der Waals surface area contributed by atoms with Gasteiger partial charge in [-0.25, -0.2) is 9.78 Å². The molecule has 0 saturated heterocycles. The lowest BCUT2D eigenvalue weighted by Crippen LogP contribution is -2.08. The highest BCUT2D eigenvalue weighted by molar-refractivity contribution is 7.18. The summed E-state index contributed by atoms with van der Waals surface area (Å²) in [6, 6.07) is 11.6. The molecule has 144 valence electrons. The van der Waals surface area contributed by atoms with Crippen LogP contribution in [0.1, 0.15) is 22.0 Å². The Morgan fingerprint density at radius 1 is 1.36 bits per heavy atom. The molecule has 0 saturated carbocycles. The van der Waals surface area contributed by atoms with Gasteiger partial charge in [-0.3, -0.25) is 0 Å². The average molecular weight is 395 g/mol. The minimum Gasteiger partial charge on any atom is -0.454 e. The molecule has 0 aliphatic heterocycles. The maximum Gasteiger partial charge on any atom is 0.349 e. The molecule has 0 fully saturated rings. The van der Waals surface area contributed by atoms with Gasteiger partial charge in [-0.1, -0.05) is 12.1 Å². The lowest BCUT2D eigenvalue weighted by atomic mass is 10.1. The molecule has 0 bridgehead atoms. The first-order valence-electron chi connectivity index (χ1n) is 8.82. The topological polar surface area (TPSA) is 77.1 Å². The number of aryl methyl sites for hydroxylation is 1. The van der Waals surface area contributed by atoms with Crippen molar-refractivity contribution in [3.8, 4) is 6.07 Å². The largest absolute Gasteiger partial charge is 0.454 e. The smallest absolute Gasteiger partial charge is 0.349 e. The molecule has 0 radical (unpaired) electrons. The predicted octanol–water partition coefficient (Wildman–Crippen LogP) is 4.01. The first-order valence-corrected chi connectivity index (χ1v) is 9.64. The van der Waals surface area contributed by atoms with Crippen molar-refractivity contribution in [2.75, 3.05) is 13.7 Å². The van der Waals surface area contributed by atoms with Crippen LogP contribution in [0.3, 0.4) is 0 Å². The minimum atomic E-state index is -0.650. The van der Waals surface area contributed by atoms with E-state index in [4.69, 9.17) is 9.47 Å². The third kappa shape index (κ3) is 4.30. The summed E-state index contributed by atoms with van der Waals surface area (Å²) in [6.45, 7) is 5.29. The normalized spacial score (nSPS) is 11.6. The van der Waals surface area contributed by atoms with Crippen molar-refractivity contribution < 1.29 is 14.3 Å². The van der Waals surface area contributed by atoms with Crippen LogP contribution in [-0.4, -0.2) is 29.2 Å². The molecule has 6 nitrogen and oxygen atoms in total. The summed E-state index contributed by atoms with van der Waals surface area (Å²) in [5.74, 6) is -0.650. The van der Waals surface area contributed by atoms with E-state index >= 15 is 0 Å². The number of carbonyl (C=O) groups is 1. The van der Waals surface area contributed by atoms with Gasteiger partial charge in [0.2, 0.25) is 0 Å². The van der Waals surface area contributed by atoms with Crippen LogP contribution < -0.4 is 0 Å². The average Bonchev–Trinajstić information content (AvgIpc) is 3.23. The summed E-state index contributed by atoms with van der Waals surface area (Å²) < 4.78 is 13.6. The van der Waals surface area contributed by atoms with Crippen molar-refractivity contribution in [2.24, 2.45) is 0 Å². The van der Waals surface area contributed by atoms with Crippen molar-refractivity contribution in [1.29, 1.82) is 5.26 Å². The summed E-state index contributed by atoms with van der Waals surface area (Å²) in [5.41, 5.74) is 3.68. The summed E-state index contributed by atoms with van der Waals surface area (Å²) >= 11 is 1.47. The number of rotatable bonds is 7. The molecule has 0 N–H and O–H groups in total. The number of nitrogens with zero attached hydrogens (tertiary/aromatic N) is 3. The Labute approximate surface area is 167 Å². The van der Waals surface area contributed by atoms with E-state index in [1.165, 1.54) is 11.3 Å². The monoisotopic (exact) mass is 395 g/mol. The van der Waals surface area contributed by atoms with Crippen LogP contribution in [0.15, 0.2) is 35.9 Å². The number of para-hydroxylation sites is 1. The zero-order valence-corrected chi connectivity index (χ0v) is 16.9. The Kier molecular flexibility index (Phi) is 6.24. The second kappa shape index (κ2) is 8.83. The maximum absolute atomic E-state index is 12.4. The SMILES string of the molecule is COCCn1c(C)cc(/C=C(\C#N)C(=O)OCc2nc3ccccc3s2)c1C. The van der Waals surface area contributed by atoms with Crippen molar-refractivity contribution in [3.05, 3.63) is 57.9 Å². The van der Waals surface area contributed by atoms with Gasteiger partial charge < -0.3 is 14.0 Å². The summed E-state index contributed by atoms with van der Waals surface area (Å²) in [6.07, 6.45) is 1.58. The van der Waals surface area contributed by atoms with Crippen molar-refractivity contribution in [2.45, 2.75) is 27.0 Å². The summed E-state index contributed by atoms with van der Waals surface area (Å²) in [7, 11) is 1.66. The Hall–Kier alpha value is -2.95. The number of benzene rings is 1. The predicted molar refractivity (Wildman–Crippen MR) is 109 cm³/mol. The quantitative estimate of drug-likeness (QED) is 0.343. The van der Waals surface area contributed by atoms with E-state index in [9.17, 15) is 10.1 Å². The van der Waals surface area contributed by atoms with E-state index in [0.29, 0.717) is 18.2 Å². The van der Waals surface area contributed by atoms with Gasteiger partial charge in [-0.05, 0) is 43.7 Å². The fourth-order valence-electron chi connectivity index (χ4n) is 2.98. The van der Waals surface area contributed by atoms with Gasteiger partial charge in [0.15, 0.2) is 0 Å². The minimum absolute atomic E-state index is 0.0342. The fraction of sp³-hybridized carbons (Fsp3) is 0.286. The summed E-state index contributed by atoms with van der Waals surface area (Å²) in [4.78, 5) is 16.8. The van der Waals surface area contributed by atoms with E-state index in [2.05, 4.69) is 9.55 Å². The zero-order valence-electron chi connectivity index (χ0n) is 16.1. The Balaban J connectivity index is 1.73. The molecule has 0 spiro atoms. The van der Waals surface area contributed by atoms with Crippen molar-refractivity contribution in [1.82, 2.24) is 9.55 Å². The van der Waals surface area contributed by atoms with Gasteiger partial charge in [-0.15, -0.1) is 11.3 Å². The zero-order chi connectivity index (χ0) is 20.1. The first kappa shape index (κ1) is 19.8. The molecule has 0 aliphatic carbocycles. The number of thiazole rings is 1. The molecule has 1 aromatic carbocycles. The molecule has 3 aromatic rings. The Bertz CT molecular complexity index is 1040. The Morgan fingerprint density at radius 3 is 2.86 bits per heavy atom. The van der Waals surface area contributed by atoms with Crippen LogP contribution in [0.4, 0.5) is 0 Å². The standard InChI is InChI=1S/C21H21N3O3S/c1-14-10-16(15(2)24(14)8-9-26-3)11-17(12-22)21(25)27-13-20-23-18-6-4-5-7-19(18)28-20/h4-7,10-11H,8-9,13H2,1-3H3/b17-11+. The highest BCUT2D eigenvalue weighted by Crippen LogP contribution is 2.23. The van der Waals surface area contributed by atoms with Gasteiger partial charge in [0, 0.05) is 25.0 Å². The van der Waals surface area contributed by atoms with Gasteiger partial charge in [0.1, 0.15) is 23.3 Å². The van der Waals surface area contributed by atoms with Crippen LogP contribution in [0.25, 0.3) is 16.3 Å². The van der Waals surface area contributed by atoms with Crippen LogP contribution in [0, 0.1) is 25.2 Å². The molecule has 2 heterocycles. The molecule has 7 heteroatoms. The molecular weight excluding hydrogens is 374 g/mol. The fourth-order valence-corrected chi connectivity index (χ4v) is 3.86. The number of fused-ring (bicyclic) bond motifs is 1. The molecule has 0 aliphatic rings. The maximum atomic E-state index is 12.4. The molecule has 3 rings (SSSR count). The second-order valence-electron chi connectivity index (χ2n) is 6.29. The second-order valence-corrected chi connectivity index (χ2v) is 7.41. The molecule has 0 atom stereocenters. The van der Waals surface area contributed by atoms with E-state index < -0.39 is 5.97 Å². The van der Waals surface area contributed by atoms with Gasteiger partial charge in [0.05, 0.1) is 16.8 Å². The van der Waals surface area contributed by atoms with Gasteiger partial charge in [-0.2, -0.15) is 5.26 Å². The van der Waals surface area contributed by atoms with Crippen molar-refractivity contribution in [3.63, 3.8) is 0 Å². The van der Waals surface area contributed by atoms with Crippen molar-refractivity contribution >= 4 is 33.6 Å². The van der Waals surface area contributed by atoms with Gasteiger partial charge >= 0.3 is 5.97 Å². The lowest BCUT2D eigenvalue weighted by molar-refractivity contribution is -0.139. The van der Waals surface area contributed by atoms with E-state index in [1.807, 2.05) is 50.2 Å². The van der Waals surface area contributed by atoms with E-state index in [1.54, 1.807) is 13.2 Å². The number of ether oxygens (including phenoxy) is 2. The van der Waals surface area contributed by atoms with Crippen LogP contribution in [0.5, 0.6) is 0 Å². The number of methoxy groups -OCH3 is 1. The molecular formula is C21H21N3O3S. The number of hydrogen-bond donors (Lipinski definition) is 0. The molecule has 28 heavy (non-hydrogen) atoms. The number of aromatic nitrogens is 2. The van der Waals surface area contributed by atoms with Crippen LogP contribution >= 0.6 is 11.3 Å². The van der Waals surface area contributed by atoms with Crippen LogP contribution in [-0.2, 0) is 27.4 Å². The highest BCUT2D eigenvalue weighted by atomic mass is 32.1. The summed E-state index contributed by atoms with van der Waals surface area (Å²) in [5, 5.41) is 10.1. The third-order valence-corrected chi connectivity index (χ3v) is 5.45. The third-order valence-electron chi connectivity index (χ3n) is 4.44. The number of carbonyl (C=O) groups excluding carboxylic acids is 1. The highest BCUT2D eigenvalue weighted by Gasteiger charge is 2.15.